The third-order valence-corrected chi connectivity index (χ3v) is 1.97. The minimum absolute atomic E-state index is 0. The number of hydrogen-bond donors (Lipinski definition) is 2. The monoisotopic (exact) mass is 421 g/mol. The summed E-state index contributed by atoms with van der Waals surface area (Å²) in [5.41, 5.74) is 0. The molecule has 0 bridgehead atoms. The standard InChI is InChI=1S/C6H12ClNO.C6H4F.C3H6O2.BrH.Mg/c1-4(2)8-6(9)5(3)7;7-6-4-2-1-3-5-6;1-2-3(4)5;;/h4-5H,1-3H3,(H,8,9);2-5H;2H2,1H3,(H,4,5);1H;/q;-1;;;+2/p-1. The van der Waals surface area contributed by atoms with Gasteiger partial charge in [0.1, 0.15) is 5.38 Å². The third-order valence-electron chi connectivity index (χ3n) is 1.77. The van der Waals surface area contributed by atoms with Crippen LogP contribution < -0.4 is 22.3 Å². The van der Waals surface area contributed by atoms with E-state index in [0.717, 1.165) is 0 Å². The van der Waals surface area contributed by atoms with Crippen LogP contribution in [0.5, 0.6) is 0 Å². The number of carbonyl (C=O) groups is 2. The molecular formula is C15H22BrClFMgNO3. The van der Waals surface area contributed by atoms with Gasteiger partial charge < -0.3 is 27.4 Å². The molecule has 1 atom stereocenters. The van der Waals surface area contributed by atoms with Crippen molar-refractivity contribution in [3.63, 3.8) is 0 Å². The van der Waals surface area contributed by atoms with Gasteiger partial charge in [-0.3, -0.25) is 9.59 Å². The number of halogens is 3. The van der Waals surface area contributed by atoms with E-state index < -0.39 is 11.3 Å². The molecule has 1 rings (SSSR count). The second kappa shape index (κ2) is 19.7. The van der Waals surface area contributed by atoms with Gasteiger partial charge in [0.05, 0.1) is 0 Å². The Morgan fingerprint density at radius 1 is 1.30 bits per heavy atom. The molecule has 23 heavy (non-hydrogen) atoms. The quantitative estimate of drug-likeness (QED) is 0.405. The van der Waals surface area contributed by atoms with Crippen molar-refractivity contribution >= 4 is 46.5 Å². The Balaban J connectivity index is -0.000000117. The van der Waals surface area contributed by atoms with Crippen LogP contribution in [0.4, 0.5) is 4.39 Å². The molecule has 128 valence electrons. The summed E-state index contributed by atoms with van der Waals surface area (Å²) in [6.07, 6.45) is 0.222. The van der Waals surface area contributed by atoms with E-state index in [2.05, 4.69) is 11.4 Å². The Morgan fingerprint density at radius 2 is 1.70 bits per heavy atom. The van der Waals surface area contributed by atoms with Gasteiger partial charge in [-0.15, -0.1) is 23.7 Å². The third kappa shape index (κ3) is 26.8. The van der Waals surface area contributed by atoms with Gasteiger partial charge in [0.25, 0.3) is 0 Å². The first-order valence-corrected chi connectivity index (χ1v) is 6.92. The summed E-state index contributed by atoms with van der Waals surface area (Å²) in [6.45, 7) is 7.05. The van der Waals surface area contributed by atoms with Crippen molar-refractivity contribution in [3.8, 4) is 0 Å². The molecule has 1 aromatic rings. The first-order valence-electron chi connectivity index (χ1n) is 6.48. The van der Waals surface area contributed by atoms with Crippen LogP contribution >= 0.6 is 11.6 Å². The maximum atomic E-state index is 11.9. The van der Waals surface area contributed by atoms with Crippen LogP contribution in [0, 0.1) is 11.9 Å². The van der Waals surface area contributed by atoms with Gasteiger partial charge in [-0.25, -0.2) is 4.39 Å². The van der Waals surface area contributed by atoms with E-state index in [0.29, 0.717) is 0 Å². The number of aliphatic carboxylic acids is 1. The fourth-order valence-corrected chi connectivity index (χ4v) is 0.829. The van der Waals surface area contributed by atoms with Crippen LogP contribution in [-0.2, 0) is 9.59 Å². The van der Waals surface area contributed by atoms with Gasteiger partial charge in [-0.2, -0.15) is 18.2 Å². The Labute approximate surface area is 169 Å². The molecule has 1 amide bonds. The van der Waals surface area contributed by atoms with Crippen molar-refractivity contribution in [1.29, 1.82) is 0 Å². The molecule has 0 radical (unpaired) electrons. The van der Waals surface area contributed by atoms with E-state index >= 15 is 0 Å². The minimum atomic E-state index is -0.745. The van der Waals surface area contributed by atoms with E-state index in [1.165, 1.54) is 24.3 Å². The molecular weight excluding hydrogens is 401 g/mol. The Bertz CT molecular complexity index is 409. The van der Waals surface area contributed by atoms with Crippen molar-refractivity contribution in [2.24, 2.45) is 0 Å². The number of amides is 1. The molecule has 0 aliphatic rings. The Kier molecular flexibility index (Phi) is 26.1. The van der Waals surface area contributed by atoms with Gasteiger partial charge in [0.15, 0.2) is 0 Å². The molecule has 0 aliphatic carbocycles. The number of hydrogen-bond acceptors (Lipinski definition) is 2. The molecule has 0 saturated carbocycles. The summed E-state index contributed by atoms with van der Waals surface area (Å²) < 4.78 is 11.9. The van der Waals surface area contributed by atoms with Crippen molar-refractivity contribution in [1.82, 2.24) is 5.32 Å². The molecule has 0 saturated heterocycles. The van der Waals surface area contributed by atoms with Crippen molar-refractivity contribution in [2.45, 2.75) is 45.5 Å². The largest absolute Gasteiger partial charge is 2.00 e. The van der Waals surface area contributed by atoms with Gasteiger partial charge in [0, 0.05) is 18.3 Å². The number of rotatable bonds is 3. The van der Waals surface area contributed by atoms with Crippen molar-refractivity contribution in [3.05, 3.63) is 36.1 Å². The fraction of sp³-hybridized carbons (Fsp3) is 0.467. The predicted molar refractivity (Wildman–Crippen MR) is 87.5 cm³/mol. The van der Waals surface area contributed by atoms with Gasteiger partial charge in [0.2, 0.25) is 5.91 Å². The molecule has 0 fully saturated rings. The second-order valence-corrected chi connectivity index (χ2v) is 4.90. The summed E-state index contributed by atoms with van der Waals surface area (Å²) in [6, 6.07) is 8.67. The molecule has 0 aliphatic heterocycles. The average molecular weight is 423 g/mol. The van der Waals surface area contributed by atoms with Crippen LogP contribution in [0.15, 0.2) is 24.3 Å². The zero-order valence-electron chi connectivity index (χ0n) is 13.8. The number of carbonyl (C=O) groups excluding carboxylic acids is 1. The fourth-order valence-electron chi connectivity index (χ4n) is 0.766. The van der Waals surface area contributed by atoms with Crippen LogP contribution in [0.2, 0.25) is 0 Å². The van der Waals surface area contributed by atoms with E-state index in [9.17, 15) is 14.0 Å². The molecule has 0 spiro atoms. The van der Waals surface area contributed by atoms with Gasteiger partial charge >= 0.3 is 29.0 Å². The predicted octanol–water partition coefficient (Wildman–Crippen LogP) is -0.132. The molecule has 1 unspecified atom stereocenters. The molecule has 1 aromatic carbocycles. The van der Waals surface area contributed by atoms with Crippen molar-refractivity contribution < 1.29 is 36.1 Å². The molecule has 0 aromatic heterocycles. The summed E-state index contributed by atoms with van der Waals surface area (Å²) in [4.78, 5) is 20.1. The normalized spacial score (nSPS) is 9.52. The van der Waals surface area contributed by atoms with E-state index in [-0.39, 0.29) is 64.2 Å². The number of carboxylic acids is 1. The van der Waals surface area contributed by atoms with Crippen LogP contribution in [0.25, 0.3) is 0 Å². The topological polar surface area (TPSA) is 66.4 Å². The van der Waals surface area contributed by atoms with Gasteiger partial charge in [-0.05, 0) is 20.8 Å². The number of nitrogens with one attached hydrogen (secondary N) is 1. The maximum Gasteiger partial charge on any atom is 2.00 e. The van der Waals surface area contributed by atoms with Crippen LogP contribution in [0.1, 0.15) is 34.1 Å². The summed E-state index contributed by atoms with van der Waals surface area (Å²) in [5, 5.41) is 9.97. The van der Waals surface area contributed by atoms with Crippen molar-refractivity contribution in [2.75, 3.05) is 0 Å². The molecule has 4 nitrogen and oxygen atoms in total. The Hall–Kier alpha value is -0.374. The van der Waals surface area contributed by atoms with E-state index in [4.69, 9.17) is 16.7 Å². The van der Waals surface area contributed by atoms with Crippen LogP contribution in [-0.4, -0.2) is 51.5 Å². The van der Waals surface area contributed by atoms with Gasteiger partial charge in [-0.1, -0.05) is 6.92 Å². The zero-order chi connectivity index (χ0) is 16.8. The SMILES string of the molecule is CC(C)NC(=O)C(C)Cl.CCC(=O)O.Fc1cc[c-]cc1.[Br-].[Mg+2]. The summed E-state index contributed by atoms with van der Waals surface area (Å²) in [7, 11) is 0. The molecule has 8 heteroatoms. The van der Waals surface area contributed by atoms with E-state index in [1.807, 2.05) is 13.8 Å². The smallest absolute Gasteiger partial charge is 1.00 e. The average Bonchev–Trinajstić information content (AvgIpc) is 2.40. The zero-order valence-corrected chi connectivity index (χ0v) is 17.5. The number of carboxylic acid groups (broad SMARTS) is 1. The first-order chi connectivity index (χ1) is 9.70. The summed E-state index contributed by atoms with van der Waals surface area (Å²) >= 11 is 5.46. The molecule has 0 heterocycles. The number of benzene rings is 1. The minimum Gasteiger partial charge on any atom is -1.00 e. The van der Waals surface area contributed by atoms with E-state index in [1.54, 1.807) is 13.8 Å². The van der Waals surface area contributed by atoms with Crippen LogP contribution in [0.3, 0.4) is 0 Å². The summed E-state index contributed by atoms with van der Waals surface area (Å²) in [5.74, 6) is -1.06. The number of alkyl halides is 1. The Morgan fingerprint density at radius 3 is 1.83 bits per heavy atom. The first kappa shape index (κ1) is 30.5. The molecule has 2 N–H and O–H groups in total. The maximum absolute atomic E-state index is 11.9. The second-order valence-electron chi connectivity index (χ2n) is 4.24.